The molecular weight excluding hydrogens is 345 g/mol. The monoisotopic (exact) mass is 363 g/mol. The van der Waals surface area contributed by atoms with Gasteiger partial charge in [0.2, 0.25) is 11.8 Å². The highest BCUT2D eigenvalue weighted by molar-refractivity contribution is 6.30. The van der Waals surface area contributed by atoms with E-state index in [9.17, 15) is 14.0 Å². The lowest BCUT2D eigenvalue weighted by Crippen LogP contribution is -2.38. The molecule has 25 heavy (non-hydrogen) atoms. The second-order valence-corrected chi connectivity index (χ2v) is 6.08. The molecule has 0 saturated heterocycles. The molecule has 0 saturated carbocycles. The molecule has 5 nitrogen and oxygen atoms in total. The summed E-state index contributed by atoms with van der Waals surface area (Å²) in [6, 6.07) is 11.4. The number of likely N-dealkylation sites (N-methyl/N-ethyl adjacent to an activating group) is 1. The molecule has 132 valence electrons. The molecule has 0 aliphatic rings. The fourth-order valence-corrected chi connectivity index (χ4v) is 2.25. The van der Waals surface area contributed by atoms with Crippen molar-refractivity contribution in [2.75, 3.05) is 30.8 Å². The highest BCUT2D eigenvalue weighted by atomic mass is 35.5. The number of hydrogen-bond donors (Lipinski definition) is 2. The van der Waals surface area contributed by atoms with Gasteiger partial charge in [-0.2, -0.15) is 0 Å². The maximum Gasteiger partial charge on any atom is 0.243 e. The highest BCUT2D eigenvalue weighted by Crippen LogP contribution is 2.19. The molecule has 2 rings (SSSR count). The van der Waals surface area contributed by atoms with Crippen molar-refractivity contribution < 1.29 is 14.0 Å². The molecule has 0 aromatic heterocycles. The molecule has 7 heteroatoms. The molecule has 0 unspecified atom stereocenters. The van der Waals surface area contributed by atoms with Crippen molar-refractivity contribution in [1.29, 1.82) is 0 Å². The van der Waals surface area contributed by atoms with E-state index in [2.05, 4.69) is 10.6 Å². The van der Waals surface area contributed by atoms with Gasteiger partial charge in [-0.15, -0.1) is 0 Å². The minimum absolute atomic E-state index is 0.105. The SMILES string of the molecule is Cc1ccc(NC(=O)CN(C)C(=O)CNc2cc(Cl)ccc2F)cc1. The zero-order valence-electron chi connectivity index (χ0n) is 14.0. The number of aryl methyl sites for hydroxylation is 1. The normalized spacial score (nSPS) is 10.2. The highest BCUT2D eigenvalue weighted by Gasteiger charge is 2.14. The third-order valence-corrected chi connectivity index (χ3v) is 3.74. The summed E-state index contributed by atoms with van der Waals surface area (Å²) in [7, 11) is 1.51. The molecule has 2 aromatic rings. The summed E-state index contributed by atoms with van der Waals surface area (Å²) in [5.74, 6) is -1.16. The summed E-state index contributed by atoms with van der Waals surface area (Å²) in [6.07, 6.45) is 0. The van der Waals surface area contributed by atoms with Gasteiger partial charge in [0, 0.05) is 17.8 Å². The predicted molar refractivity (Wildman–Crippen MR) is 97.3 cm³/mol. The maximum atomic E-state index is 13.6. The van der Waals surface area contributed by atoms with Gasteiger partial charge in [0.05, 0.1) is 18.8 Å². The van der Waals surface area contributed by atoms with E-state index in [0.717, 1.165) is 5.56 Å². The van der Waals surface area contributed by atoms with Gasteiger partial charge in [-0.05, 0) is 37.3 Å². The molecule has 0 bridgehead atoms. The Morgan fingerprint density at radius 3 is 2.52 bits per heavy atom. The van der Waals surface area contributed by atoms with Crippen molar-refractivity contribution in [3.8, 4) is 0 Å². The molecule has 0 aliphatic heterocycles. The van der Waals surface area contributed by atoms with Gasteiger partial charge in [-0.1, -0.05) is 29.3 Å². The molecule has 0 atom stereocenters. The molecule has 2 N–H and O–H groups in total. The van der Waals surface area contributed by atoms with Crippen molar-refractivity contribution in [1.82, 2.24) is 4.90 Å². The minimum Gasteiger partial charge on any atom is -0.374 e. The third kappa shape index (κ3) is 5.76. The van der Waals surface area contributed by atoms with E-state index < -0.39 is 5.82 Å². The number of anilines is 2. The van der Waals surface area contributed by atoms with E-state index in [-0.39, 0.29) is 30.6 Å². The lowest BCUT2D eigenvalue weighted by atomic mass is 10.2. The van der Waals surface area contributed by atoms with Gasteiger partial charge in [0.25, 0.3) is 0 Å². The summed E-state index contributed by atoms with van der Waals surface area (Å²) in [4.78, 5) is 25.3. The summed E-state index contributed by atoms with van der Waals surface area (Å²) in [6.45, 7) is 1.70. The Morgan fingerprint density at radius 2 is 1.84 bits per heavy atom. The first-order valence-electron chi connectivity index (χ1n) is 7.64. The number of amides is 2. The average Bonchev–Trinajstić information content (AvgIpc) is 2.57. The predicted octanol–water partition coefficient (Wildman–Crippen LogP) is 3.30. The Hall–Kier alpha value is -2.60. The number of carbonyl (C=O) groups is 2. The van der Waals surface area contributed by atoms with Crippen LogP contribution in [0.15, 0.2) is 42.5 Å². The number of hydrogen-bond acceptors (Lipinski definition) is 3. The Morgan fingerprint density at radius 1 is 1.16 bits per heavy atom. The first-order chi connectivity index (χ1) is 11.8. The van der Waals surface area contributed by atoms with Crippen molar-refractivity contribution in [3.63, 3.8) is 0 Å². The molecule has 0 heterocycles. The number of rotatable bonds is 6. The summed E-state index contributed by atoms with van der Waals surface area (Å²) in [5, 5.41) is 5.76. The standard InChI is InChI=1S/C18H19ClFN3O2/c1-12-3-6-14(7-4-12)22-17(24)11-23(2)18(25)10-21-16-9-13(19)5-8-15(16)20/h3-9,21H,10-11H2,1-2H3,(H,22,24). The summed E-state index contributed by atoms with van der Waals surface area (Å²) >= 11 is 5.80. The number of nitrogens with zero attached hydrogens (tertiary/aromatic N) is 1. The van der Waals surface area contributed by atoms with Crippen LogP contribution in [0.25, 0.3) is 0 Å². The van der Waals surface area contributed by atoms with Gasteiger partial charge < -0.3 is 15.5 Å². The van der Waals surface area contributed by atoms with E-state index in [4.69, 9.17) is 11.6 Å². The fourth-order valence-electron chi connectivity index (χ4n) is 2.08. The van der Waals surface area contributed by atoms with E-state index in [1.807, 2.05) is 19.1 Å². The van der Waals surface area contributed by atoms with E-state index in [1.54, 1.807) is 12.1 Å². The van der Waals surface area contributed by atoms with Crippen LogP contribution in [0.1, 0.15) is 5.56 Å². The van der Waals surface area contributed by atoms with E-state index in [1.165, 1.54) is 30.1 Å². The molecule has 0 aliphatic carbocycles. The minimum atomic E-state index is -0.503. The van der Waals surface area contributed by atoms with Crippen molar-refractivity contribution in [2.45, 2.75) is 6.92 Å². The van der Waals surface area contributed by atoms with Crippen LogP contribution in [0.5, 0.6) is 0 Å². The van der Waals surface area contributed by atoms with E-state index >= 15 is 0 Å². The largest absolute Gasteiger partial charge is 0.374 e. The second-order valence-electron chi connectivity index (χ2n) is 5.64. The topological polar surface area (TPSA) is 61.4 Å². The lowest BCUT2D eigenvalue weighted by Gasteiger charge is -2.18. The van der Waals surface area contributed by atoms with Crippen molar-refractivity contribution >= 4 is 34.8 Å². The summed E-state index contributed by atoms with van der Waals surface area (Å²) < 4.78 is 13.6. The zero-order chi connectivity index (χ0) is 18.4. The summed E-state index contributed by atoms with van der Waals surface area (Å²) in [5.41, 5.74) is 1.89. The van der Waals surface area contributed by atoms with Crippen LogP contribution in [0.2, 0.25) is 5.02 Å². The Kier molecular flexibility index (Phi) is 6.36. The van der Waals surface area contributed by atoms with Gasteiger partial charge in [0.15, 0.2) is 0 Å². The van der Waals surface area contributed by atoms with Crippen LogP contribution in [0, 0.1) is 12.7 Å². The second kappa shape index (κ2) is 8.48. The number of carbonyl (C=O) groups excluding carboxylic acids is 2. The first-order valence-corrected chi connectivity index (χ1v) is 8.02. The zero-order valence-corrected chi connectivity index (χ0v) is 14.7. The lowest BCUT2D eigenvalue weighted by molar-refractivity contribution is -0.131. The number of nitrogens with one attached hydrogen (secondary N) is 2. The first kappa shape index (κ1) is 18.7. The number of benzene rings is 2. The Bertz CT molecular complexity index is 765. The Labute approximate surface area is 150 Å². The van der Waals surface area contributed by atoms with E-state index in [0.29, 0.717) is 10.7 Å². The van der Waals surface area contributed by atoms with Crippen LogP contribution >= 0.6 is 11.6 Å². The molecule has 2 amide bonds. The molecule has 0 radical (unpaired) electrons. The van der Waals surface area contributed by atoms with Gasteiger partial charge >= 0.3 is 0 Å². The maximum absolute atomic E-state index is 13.6. The molecule has 2 aromatic carbocycles. The fraction of sp³-hybridized carbons (Fsp3) is 0.222. The van der Waals surface area contributed by atoms with Crippen LogP contribution < -0.4 is 10.6 Å². The third-order valence-electron chi connectivity index (χ3n) is 3.50. The quantitative estimate of drug-likeness (QED) is 0.827. The molecule has 0 spiro atoms. The number of halogens is 2. The Balaban J connectivity index is 1.84. The van der Waals surface area contributed by atoms with Crippen LogP contribution in [0.4, 0.5) is 15.8 Å². The molecule has 0 fully saturated rings. The van der Waals surface area contributed by atoms with Gasteiger partial charge in [0.1, 0.15) is 5.82 Å². The van der Waals surface area contributed by atoms with Crippen molar-refractivity contribution in [3.05, 3.63) is 58.9 Å². The van der Waals surface area contributed by atoms with Crippen LogP contribution in [-0.2, 0) is 9.59 Å². The van der Waals surface area contributed by atoms with Crippen molar-refractivity contribution in [2.24, 2.45) is 0 Å². The van der Waals surface area contributed by atoms with Crippen LogP contribution in [0.3, 0.4) is 0 Å². The van der Waals surface area contributed by atoms with Gasteiger partial charge in [-0.25, -0.2) is 4.39 Å². The van der Waals surface area contributed by atoms with Crippen LogP contribution in [-0.4, -0.2) is 36.9 Å². The van der Waals surface area contributed by atoms with Gasteiger partial charge in [-0.3, -0.25) is 9.59 Å². The smallest absolute Gasteiger partial charge is 0.243 e. The average molecular weight is 364 g/mol. The molecular formula is C18H19ClFN3O2.